The van der Waals surface area contributed by atoms with Gasteiger partial charge < -0.3 is 5.11 Å². The maximum atomic E-state index is 11.0. The van der Waals surface area contributed by atoms with Crippen LogP contribution >= 0.6 is 0 Å². The highest BCUT2D eigenvalue weighted by molar-refractivity contribution is 5.87. The van der Waals surface area contributed by atoms with Crippen LogP contribution in [0.2, 0.25) is 0 Å². The van der Waals surface area contributed by atoms with E-state index in [0.717, 1.165) is 32.1 Å². The van der Waals surface area contributed by atoms with Gasteiger partial charge in [0.15, 0.2) is 0 Å². The first-order valence-corrected chi connectivity index (χ1v) is 10.3. The molecule has 3 heteroatoms. The third kappa shape index (κ3) is 5.87. The molecular weight excluding hydrogens is 322 g/mol. The highest BCUT2D eigenvalue weighted by atomic mass is 16.4. The fourth-order valence-electron chi connectivity index (χ4n) is 4.24. The van der Waals surface area contributed by atoms with Crippen molar-refractivity contribution in [3.05, 3.63) is 35.4 Å². The molecule has 0 saturated heterocycles. The molecule has 0 atom stereocenters. The third-order valence-electron chi connectivity index (χ3n) is 6.07. The molecule has 0 aromatic heterocycles. The Bertz CT molecular complexity index is 592. The van der Waals surface area contributed by atoms with Gasteiger partial charge in [-0.2, -0.15) is 5.26 Å². The number of nitrogens with zero attached hydrogens (tertiary/aromatic N) is 1. The number of benzene rings is 1. The summed E-state index contributed by atoms with van der Waals surface area (Å²) in [5.74, 6) is -0.410. The van der Waals surface area contributed by atoms with Gasteiger partial charge in [-0.25, -0.2) is 4.79 Å². The Kier molecular flexibility index (Phi) is 8.16. The van der Waals surface area contributed by atoms with Crippen LogP contribution in [-0.4, -0.2) is 11.1 Å². The molecule has 1 aliphatic carbocycles. The quantitative estimate of drug-likeness (QED) is 0.475. The van der Waals surface area contributed by atoms with Crippen LogP contribution in [0.25, 0.3) is 0 Å². The number of carboxylic acid groups (broad SMARTS) is 1. The molecule has 1 aliphatic rings. The van der Waals surface area contributed by atoms with Crippen LogP contribution in [0.15, 0.2) is 24.3 Å². The fourth-order valence-corrected chi connectivity index (χ4v) is 4.24. The molecule has 1 aromatic rings. The van der Waals surface area contributed by atoms with Crippen molar-refractivity contribution in [1.29, 1.82) is 5.26 Å². The molecule has 1 fully saturated rings. The van der Waals surface area contributed by atoms with Gasteiger partial charge in [0.05, 0.1) is 17.0 Å². The minimum absolute atomic E-state index is 0.124. The van der Waals surface area contributed by atoms with Gasteiger partial charge in [0.25, 0.3) is 0 Å². The Labute approximate surface area is 158 Å². The lowest BCUT2D eigenvalue weighted by Crippen LogP contribution is -2.25. The summed E-state index contributed by atoms with van der Waals surface area (Å²) in [5, 5.41) is 18.8. The van der Waals surface area contributed by atoms with Crippen LogP contribution in [0.4, 0.5) is 0 Å². The number of unbranched alkanes of at least 4 members (excludes halogenated alkanes) is 6. The van der Waals surface area contributed by atoms with Gasteiger partial charge in [-0.05, 0) is 55.7 Å². The lowest BCUT2D eigenvalue weighted by atomic mass is 9.67. The average Bonchev–Trinajstić information content (AvgIpc) is 2.68. The van der Waals surface area contributed by atoms with Gasteiger partial charge in [-0.15, -0.1) is 0 Å². The zero-order valence-corrected chi connectivity index (χ0v) is 16.2. The van der Waals surface area contributed by atoms with Crippen LogP contribution in [-0.2, 0) is 0 Å². The Morgan fingerprint density at radius 2 is 1.65 bits per heavy atom. The van der Waals surface area contributed by atoms with E-state index in [1.807, 2.05) is 12.1 Å². The van der Waals surface area contributed by atoms with Crippen molar-refractivity contribution in [3.63, 3.8) is 0 Å². The number of hydrogen-bond donors (Lipinski definition) is 1. The van der Waals surface area contributed by atoms with Crippen LogP contribution in [0, 0.1) is 16.7 Å². The maximum absolute atomic E-state index is 11.0. The van der Waals surface area contributed by atoms with E-state index in [0.29, 0.717) is 11.5 Å². The first-order chi connectivity index (χ1) is 12.6. The minimum Gasteiger partial charge on any atom is -0.478 e. The molecule has 26 heavy (non-hydrogen) atoms. The van der Waals surface area contributed by atoms with Gasteiger partial charge in [0.1, 0.15) is 0 Å². The van der Waals surface area contributed by atoms with E-state index in [9.17, 15) is 10.1 Å². The predicted octanol–water partition coefficient (Wildman–Crippen LogP) is 6.69. The number of rotatable bonds is 10. The number of nitriles is 1. The molecule has 3 nitrogen and oxygen atoms in total. The van der Waals surface area contributed by atoms with E-state index in [2.05, 4.69) is 13.0 Å². The zero-order valence-electron chi connectivity index (χ0n) is 16.2. The van der Waals surface area contributed by atoms with Crippen molar-refractivity contribution < 1.29 is 9.90 Å². The van der Waals surface area contributed by atoms with Crippen molar-refractivity contribution in [2.45, 2.75) is 89.9 Å². The van der Waals surface area contributed by atoms with Crippen molar-refractivity contribution in [2.24, 2.45) is 5.41 Å². The molecule has 0 unspecified atom stereocenters. The van der Waals surface area contributed by atoms with Crippen molar-refractivity contribution in [1.82, 2.24) is 0 Å². The summed E-state index contributed by atoms with van der Waals surface area (Å²) in [4.78, 5) is 11.0. The molecule has 0 spiro atoms. The molecule has 1 aromatic carbocycles. The molecule has 1 N–H and O–H groups in total. The molecular formula is C23H33NO2. The lowest BCUT2D eigenvalue weighted by molar-refractivity contribution is 0.0697. The summed E-state index contributed by atoms with van der Waals surface area (Å²) in [6, 6.07) is 9.94. The smallest absolute Gasteiger partial charge is 0.335 e. The second kappa shape index (κ2) is 10.4. The van der Waals surface area contributed by atoms with Crippen LogP contribution in [0.5, 0.6) is 0 Å². The summed E-state index contributed by atoms with van der Waals surface area (Å²) >= 11 is 0. The van der Waals surface area contributed by atoms with Crippen molar-refractivity contribution in [2.75, 3.05) is 0 Å². The second-order valence-electron chi connectivity index (χ2n) is 7.96. The normalized spacial score (nSPS) is 22.7. The molecule has 0 heterocycles. The standard InChI is InChI=1S/C23H33NO2/c1-2-3-4-5-6-7-8-15-23(18-24)16-13-20(14-17-23)19-9-11-21(12-10-19)22(25)26/h9-12,20H,2-8,13-17H2,1H3,(H,25,26). The van der Waals surface area contributed by atoms with E-state index in [-0.39, 0.29) is 5.41 Å². The van der Waals surface area contributed by atoms with Crippen LogP contribution in [0.1, 0.15) is 106 Å². The predicted molar refractivity (Wildman–Crippen MR) is 105 cm³/mol. The Morgan fingerprint density at radius 1 is 1.08 bits per heavy atom. The minimum atomic E-state index is -0.876. The van der Waals surface area contributed by atoms with E-state index in [1.54, 1.807) is 12.1 Å². The van der Waals surface area contributed by atoms with Crippen LogP contribution < -0.4 is 0 Å². The van der Waals surface area contributed by atoms with Gasteiger partial charge >= 0.3 is 5.97 Å². The number of carboxylic acids is 1. The SMILES string of the molecule is CCCCCCCCCC1(C#N)CCC(c2ccc(C(=O)O)cc2)CC1. The average molecular weight is 356 g/mol. The van der Waals surface area contributed by atoms with Gasteiger partial charge in [-0.1, -0.05) is 64.0 Å². The number of carbonyl (C=O) groups is 1. The monoisotopic (exact) mass is 355 g/mol. The lowest BCUT2D eigenvalue weighted by Gasteiger charge is -2.35. The van der Waals surface area contributed by atoms with E-state index in [4.69, 9.17) is 5.11 Å². The van der Waals surface area contributed by atoms with Gasteiger partial charge in [0.2, 0.25) is 0 Å². The third-order valence-corrected chi connectivity index (χ3v) is 6.07. The number of hydrogen-bond acceptors (Lipinski definition) is 2. The van der Waals surface area contributed by atoms with E-state index >= 15 is 0 Å². The molecule has 1 saturated carbocycles. The van der Waals surface area contributed by atoms with Crippen molar-refractivity contribution in [3.8, 4) is 6.07 Å². The summed E-state index contributed by atoms with van der Waals surface area (Å²) in [7, 11) is 0. The summed E-state index contributed by atoms with van der Waals surface area (Å²) < 4.78 is 0. The molecule has 0 bridgehead atoms. The fraction of sp³-hybridized carbons (Fsp3) is 0.652. The van der Waals surface area contributed by atoms with E-state index < -0.39 is 5.97 Å². The zero-order chi connectivity index (χ0) is 18.8. The van der Waals surface area contributed by atoms with Gasteiger partial charge in [-0.3, -0.25) is 0 Å². The molecule has 0 radical (unpaired) electrons. The largest absolute Gasteiger partial charge is 0.478 e. The summed E-state index contributed by atoms with van der Waals surface area (Å²) in [6.07, 6.45) is 14.1. The van der Waals surface area contributed by atoms with Crippen LogP contribution in [0.3, 0.4) is 0 Å². The Hall–Kier alpha value is -1.82. The first kappa shape index (κ1) is 20.5. The highest BCUT2D eigenvalue weighted by Gasteiger charge is 2.35. The molecule has 2 rings (SSSR count). The highest BCUT2D eigenvalue weighted by Crippen LogP contribution is 2.45. The maximum Gasteiger partial charge on any atom is 0.335 e. The first-order valence-electron chi connectivity index (χ1n) is 10.3. The molecule has 142 valence electrons. The summed E-state index contributed by atoms with van der Waals surface area (Å²) in [5.41, 5.74) is 1.44. The number of aromatic carboxylic acids is 1. The molecule has 0 aliphatic heterocycles. The Morgan fingerprint density at radius 3 is 2.19 bits per heavy atom. The van der Waals surface area contributed by atoms with Crippen molar-refractivity contribution >= 4 is 5.97 Å². The topological polar surface area (TPSA) is 61.1 Å². The van der Waals surface area contributed by atoms with E-state index in [1.165, 1.54) is 50.5 Å². The summed E-state index contributed by atoms with van der Waals surface area (Å²) in [6.45, 7) is 2.24. The second-order valence-corrected chi connectivity index (χ2v) is 7.96. The van der Waals surface area contributed by atoms with Gasteiger partial charge in [0, 0.05) is 0 Å². The Balaban J connectivity index is 1.77. The molecule has 0 amide bonds.